The van der Waals surface area contributed by atoms with Gasteiger partial charge in [-0.1, -0.05) is 19.2 Å². The highest BCUT2D eigenvalue weighted by Gasteiger charge is 2.16. The molecule has 0 aromatic rings. The maximum atomic E-state index is 11.2. The summed E-state index contributed by atoms with van der Waals surface area (Å²) in [6.45, 7) is 11.4. The van der Waals surface area contributed by atoms with E-state index in [2.05, 4.69) is 25.1 Å². The van der Waals surface area contributed by atoms with Gasteiger partial charge in [-0.25, -0.2) is 0 Å². The van der Waals surface area contributed by atoms with Crippen LogP contribution in [0.2, 0.25) is 0 Å². The first-order chi connectivity index (χ1) is 8.90. The van der Waals surface area contributed by atoms with Gasteiger partial charge in [-0.15, -0.1) is 6.58 Å². The lowest BCUT2D eigenvalue weighted by Crippen LogP contribution is -2.47. The first-order valence-corrected chi connectivity index (χ1v) is 5.26. The average Bonchev–Trinajstić information content (AvgIpc) is 2.35. The Hall–Kier alpha value is -2.12. The summed E-state index contributed by atoms with van der Waals surface area (Å²) in [5, 5.41) is 20.9. The summed E-state index contributed by atoms with van der Waals surface area (Å²) in [7, 11) is 0. The maximum absolute atomic E-state index is 11.2. The molecule has 1 atom stereocenters. The summed E-state index contributed by atoms with van der Waals surface area (Å²) in [5.41, 5.74) is 0.203. The zero-order chi connectivity index (χ0) is 15.3. The molecule has 0 bridgehead atoms. The molecule has 0 spiro atoms. The number of amides is 2. The number of carbonyl (C=O) groups is 2. The van der Waals surface area contributed by atoms with Crippen molar-refractivity contribution in [1.29, 1.82) is 0 Å². The quantitative estimate of drug-likeness (QED) is 0.171. The van der Waals surface area contributed by atoms with Gasteiger partial charge in [0.25, 0.3) is 5.91 Å². The highest BCUT2D eigenvalue weighted by molar-refractivity contribution is 5.95. The van der Waals surface area contributed by atoms with Crippen molar-refractivity contribution in [3.63, 3.8) is 0 Å². The second kappa shape index (κ2) is 12.3. The van der Waals surface area contributed by atoms with Crippen LogP contribution in [0.4, 0.5) is 0 Å². The van der Waals surface area contributed by atoms with Crippen LogP contribution in [-0.4, -0.2) is 41.6 Å². The van der Waals surface area contributed by atoms with Gasteiger partial charge in [0.15, 0.2) is 0 Å². The molecule has 0 fully saturated rings. The van der Waals surface area contributed by atoms with Crippen LogP contribution in [0, 0.1) is 0 Å². The molecule has 0 aliphatic heterocycles. The molecular weight excluding hydrogens is 252 g/mol. The van der Waals surface area contributed by atoms with Gasteiger partial charge >= 0.3 is 0 Å². The minimum absolute atomic E-state index is 0.0646. The third-order valence-electron chi connectivity index (χ3n) is 1.49. The molecule has 0 aromatic heterocycles. The van der Waals surface area contributed by atoms with Crippen LogP contribution in [0.15, 0.2) is 37.6 Å². The molecule has 108 valence electrons. The zero-order valence-electron chi connectivity index (χ0n) is 10.9. The number of ether oxygens (including phenoxy) is 1. The molecule has 7 nitrogen and oxygen atoms in total. The van der Waals surface area contributed by atoms with Gasteiger partial charge in [0.05, 0.1) is 12.9 Å². The van der Waals surface area contributed by atoms with E-state index in [4.69, 9.17) is 9.84 Å². The molecule has 0 radical (unpaired) electrons. The molecule has 1 unspecified atom stereocenters. The third kappa shape index (κ3) is 12.1. The lowest BCUT2D eigenvalue weighted by Gasteiger charge is -2.12. The van der Waals surface area contributed by atoms with Crippen molar-refractivity contribution < 1.29 is 24.5 Å². The molecule has 2 amide bonds. The molecule has 19 heavy (non-hydrogen) atoms. The van der Waals surface area contributed by atoms with E-state index in [9.17, 15) is 14.7 Å². The highest BCUT2D eigenvalue weighted by Crippen LogP contribution is 1.88. The fourth-order valence-corrected chi connectivity index (χ4v) is 0.674. The summed E-state index contributed by atoms with van der Waals surface area (Å²) in [6, 6.07) is 0. The van der Waals surface area contributed by atoms with Crippen molar-refractivity contribution in [2.75, 3.05) is 13.3 Å². The van der Waals surface area contributed by atoms with Crippen molar-refractivity contribution in [2.45, 2.75) is 13.2 Å². The smallest absolute Gasteiger partial charge is 0.271 e. The SMILES string of the molecule is C=CCOCNC(=O)C(O)NC(=O)C(=C)C.C=CO. The lowest BCUT2D eigenvalue weighted by molar-refractivity contribution is -0.136. The monoisotopic (exact) mass is 272 g/mol. The Kier molecular flexibility index (Phi) is 12.5. The van der Waals surface area contributed by atoms with Crippen LogP contribution in [0.3, 0.4) is 0 Å². The van der Waals surface area contributed by atoms with Crippen molar-refractivity contribution >= 4 is 11.8 Å². The molecule has 4 N–H and O–H groups in total. The molecule has 0 saturated carbocycles. The van der Waals surface area contributed by atoms with Crippen LogP contribution in [0.5, 0.6) is 0 Å². The Morgan fingerprint density at radius 1 is 1.42 bits per heavy atom. The number of aliphatic hydroxyl groups is 2. The van der Waals surface area contributed by atoms with Crippen LogP contribution in [0.1, 0.15) is 6.92 Å². The topological polar surface area (TPSA) is 108 Å². The van der Waals surface area contributed by atoms with Gasteiger partial charge in [0, 0.05) is 5.57 Å². The first kappa shape index (κ1) is 19.2. The Bertz CT molecular complexity index is 328. The van der Waals surface area contributed by atoms with E-state index in [0.29, 0.717) is 0 Å². The molecular formula is C12H20N2O5. The summed E-state index contributed by atoms with van der Waals surface area (Å²) >= 11 is 0. The van der Waals surface area contributed by atoms with Crippen LogP contribution in [-0.2, 0) is 14.3 Å². The molecule has 0 aliphatic carbocycles. The molecule has 0 aliphatic rings. The Balaban J connectivity index is 0. The average molecular weight is 272 g/mol. The van der Waals surface area contributed by atoms with Crippen molar-refractivity contribution in [3.8, 4) is 0 Å². The van der Waals surface area contributed by atoms with Gasteiger partial charge in [0.1, 0.15) is 6.73 Å². The van der Waals surface area contributed by atoms with E-state index in [1.165, 1.54) is 13.0 Å². The second-order valence-electron chi connectivity index (χ2n) is 3.18. The molecule has 0 aromatic carbocycles. The van der Waals surface area contributed by atoms with Crippen molar-refractivity contribution in [2.24, 2.45) is 0 Å². The number of hydrogen-bond donors (Lipinski definition) is 4. The highest BCUT2D eigenvalue weighted by atomic mass is 16.5. The minimum Gasteiger partial charge on any atom is -0.516 e. The Morgan fingerprint density at radius 2 is 1.95 bits per heavy atom. The predicted octanol–water partition coefficient (Wildman–Crippen LogP) is -0.0387. The standard InChI is InChI=1S/C10H16N2O4.C2H4O/c1-4-5-16-6-11-9(14)10(15)12-8(13)7(2)3;1-2-3/h4,10,15H,1-2,5-6H2,3H3,(H,11,14)(H,12,13);2-3H,1H2. The van der Waals surface area contributed by atoms with E-state index in [-0.39, 0.29) is 18.9 Å². The Morgan fingerprint density at radius 3 is 2.37 bits per heavy atom. The van der Waals surface area contributed by atoms with E-state index in [1.54, 1.807) is 0 Å². The fourth-order valence-electron chi connectivity index (χ4n) is 0.674. The molecule has 0 rings (SSSR count). The molecule has 7 heteroatoms. The van der Waals surface area contributed by atoms with Gasteiger partial charge in [-0.2, -0.15) is 0 Å². The summed E-state index contributed by atoms with van der Waals surface area (Å²) in [6.07, 6.45) is 0.655. The van der Waals surface area contributed by atoms with Crippen LogP contribution in [0.25, 0.3) is 0 Å². The van der Waals surface area contributed by atoms with E-state index in [1.807, 2.05) is 5.32 Å². The summed E-state index contributed by atoms with van der Waals surface area (Å²) < 4.78 is 4.86. The van der Waals surface area contributed by atoms with Gasteiger partial charge < -0.3 is 25.6 Å². The number of rotatable bonds is 7. The van der Waals surface area contributed by atoms with Gasteiger partial charge in [0.2, 0.25) is 12.1 Å². The normalized spacial score (nSPS) is 10.2. The number of hydrogen-bond acceptors (Lipinski definition) is 5. The van der Waals surface area contributed by atoms with Crippen LogP contribution >= 0.6 is 0 Å². The van der Waals surface area contributed by atoms with Gasteiger partial charge in [-0.3, -0.25) is 9.59 Å². The van der Waals surface area contributed by atoms with E-state index >= 15 is 0 Å². The predicted molar refractivity (Wildman–Crippen MR) is 70.9 cm³/mol. The second-order valence-corrected chi connectivity index (χ2v) is 3.18. The van der Waals surface area contributed by atoms with Crippen molar-refractivity contribution in [1.82, 2.24) is 10.6 Å². The van der Waals surface area contributed by atoms with E-state index < -0.39 is 18.0 Å². The third-order valence-corrected chi connectivity index (χ3v) is 1.49. The largest absolute Gasteiger partial charge is 0.516 e. The lowest BCUT2D eigenvalue weighted by atomic mass is 10.3. The van der Waals surface area contributed by atoms with Gasteiger partial charge in [-0.05, 0) is 6.92 Å². The number of carbonyl (C=O) groups excluding carboxylic acids is 2. The fraction of sp³-hybridized carbons (Fsp3) is 0.333. The maximum Gasteiger partial charge on any atom is 0.271 e. The summed E-state index contributed by atoms with van der Waals surface area (Å²) in [4.78, 5) is 22.2. The first-order valence-electron chi connectivity index (χ1n) is 5.26. The molecule has 0 saturated heterocycles. The minimum atomic E-state index is -1.61. The number of nitrogens with one attached hydrogen (secondary N) is 2. The number of aliphatic hydroxyl groups excluding tert-OH is 2. The van der Waals surface area contributed by atoms with E-state index in [0.717, 1.165) is 6.26 Å². The molecule has 0 heterocycles. The zero-order valence-corrected chi connectivity index (χ0v) is 10.9. The summed E-state index contributed by atoms with van der Waals surface area (Å²) in [5.74, 6) is -1.34. The van der Waals surface area contributed by atoms with Crippen molar-refractivity contribution in [3.05, 3.63) is 37.6 Å². The van der Waals surface area contributed by atoms with Crippen LogP contribution < -0.4 is 10.6 Å². The Labute approximate surface area is 112 Å².